The van der Waals surface area contributed by atoms with Crippen LogP contribution in [0.5, 0.6) is 0 Å². The maximum absolute atomic E-state index is 12.8. The zero-order chi connectivity index (χ0) is 16.7. The molecule has 3 aromatic rings. The first-order valence-corrected chi connectivity index (χ1v) is 8.90. The largest absolute Gasteiger partial charge is 0.324 e. The van der Waals surface area contributed by atoms with Gasteiger partial charge in [-0.2, -0.15) is 5.10 Å². The molecular formula is C17H19N5OS. The number of hydrogen-bond donors (Lipinski definition) is 2. The molecule has 24 heavy (non-hydrogen) atoms. The molecule has 1 atom stereocenters. The molecular weight excluding hydrogens is 322 g/mol. The van der Waals surface area contributed by atoms with Gasteiger partial charge < -0.3 is 4.90 Å². The molecule has 3 heterocycles. The van der Waals surface area contributed by atoms with Crippen LogP contribution < -0.4 is 5.32 Å². The number of rotatable bonds is 2. The Morgan fingerprint density at radius 3 is 2.96 bits per heavy atom. The number of amides is 2. The van der Waals surface area contributed by atoms with Gasteiger partial charge in [-0.15, -0.1) is 0 Å². The van der Waals surface area contributed by atoms with Gasteiger partial charge in [-0.05, 0) is 38.8 Å². The molecule has 6 nitrogen and oxygen atoms in total. The molecule has 0 spiro atoms. The molecule has 7 heteroatoms. The molecule has 1 fully saturated rings. The maximum atomic E-state index is 12.8. The van der Waals surface area contributed by atoms with Crippen LogP contribution in [-0.2, 0) is 0 Å². The number of nitrogens with zero attached hydrogens (tertiary/aromatic N) is 3. The monoisotopic (exact) mass is 341 g/mol. The molecule has 124 valence electrons. The van der Waals surface area contributed by atoms with Crippen molar-refractivity contribution in [3.63, 3.8) is 0 Å². The van der Waals surface area contributed by atoms with Gasteiger partial charge in [0.15, 0.2) is 5.13 Å². The van der Waals surface area contributed by atoms with Gasteiger partial charge in [0.25, 0.3) is 0 Å². The van der Waals surface area contributed by atoms with Crippen molar-refractivity contribution in [3.8, 4) is 0 Å². The van der Waals surface area contributed by atoms with Crippen LogP contribution in [0.25, 0.3) is 10.2 Å². The van der Waals surface area contributed by atoms with E-state index in [0.29, 0.717) is 5.13 Å². The van der Waals surface area contributed by atoms with Crippen molar-refractivity contribution in [2.45, 2.75) is 32.7 Å². The van der Waals surface area contributed by atoms with E-state index >= 15 is 0 Å². The zero-order valence-corrected chi connectivity index (χ0v) is 14.5. The summed E-state index contributed by atoms with van der Waals surface area (Å²) < 4.78 is 1.08. The summed E-state index contributed by atoms with van der Waals surface area (Å²) >= 11 is 1.50. The first kappa shape index (κ1) is 15.1. The number of likely N-dealkylation sites (tertiary alicyclic amines) is 1. The summed E-state index contributed by atoms with van der Waals surface area (Å²) in [4.78, 5) is 19.2. The van der Waals surface area contributed by atoms with Gasteiger partial charge in [0, 0.05) is 17.8 Å². The number of hydrogen-bond acceptors (Lipinski definition) is 4. The zero-order valence-electron chi connectivity index (χ0n) is 13.7. The second kappa shape index (κ2) is 5.90. The SMILES string of the molecule is Cc1n[nH]c(C)c1C1CCCN1C(=O)Nc1nc2ccccc2s1. The number of carbonyl (C=O) groups excluding carboxylic acids is 1. The van der Waals surface area contributed by atoms with Crippen LogP contribution in [0.4, 0.5) is 9.93 Å². The lowest BCUT2D eigenvalue weighted by atomic mass is 10.0. The van der Waals surface area contributed by atoms with Gasteiger partial charge in [-0.3, -0.25) is 10.4 Å². The van der Waals surface area contributed by atoms with Crippen molar-refractivity contribution in [1.29, 1.82) is 0 Å². The molecule has 0 aliphatic carbocycles. The van der Waals surface area contributed by atoms with Crippen molar-refractivity contribution >= 4 is 32.7 Å². The number of H-pyrrole nitrogens is 1. The number of fused-ring (bicyclic) bond motifs is 1. The molecule has 1 aliphatic heterocycles. The average Bonchev–Trinajstić information content (AvgIpc) is 3.25. The van der Waals surface area contributed by atoms with Crippen LogP contribution in [0.3, 0.4) is 0 Å². The van der Waals surface area contributed by atoms with Crippen LogP contribution >= 0.6 is 11.3 Å². The molecule has 0 radical (unpaired) electrons. The fraction of sp³-hybridized carbons (Fsp3) is 0.353. The van der Waals surface area contributed by atoms with Gasteiger partial charge in [-0.1, -0.05) is 23.5 Å². The summed E-state index contributed by atoms with van der Waals surface area (Å²) in [5.41, 5.74) is 4.07. The van der Waals surface area contributed by atoms with E-state index in [9.17, 15) is 4.79 Å². The number of aryl methyl sites for hydroxylation is 2. The van der Waals surface area contributed by atoms with Gasteiger partial charge in [0.1, 0.15) is 0 Å². The minimum absolute atomic E-state index is 0.0816. The molecule has 1 unspecified atom stereocenters. The van der Waals surface area contributed by atoms with E-state index in [1.807, 2.05) is 43.0 Å². The van der Waals surface area contributed by atoms with Crippen LogP contribution in [0.2, 0.25) is 0 Å². The highest BCUT2D eigenvalue weighted by atomic mass is 32.1. The van der Waals surface area contributed by atoms with Crippen molar-refractivity contribution < 1.29 is 4.79 Å². The molecule has 1 aliphatic rings. The summed E-state index contributed by atoms with van der Waals surface area (Å²) in [7, 11) is 0. The Bertz CT molecular complexity index is 847. The number of carbonyl (C=O) groups is 1. The minimum atomic E-state index is -0.0865. The highest BCUT2D eigenvalue weighted by Crippen LogP contribution is 2.35. The molecule has 0 bridgehead atoms. The number of nitrogens with one attached hydrogen (secondary N) is 2. The average molecular weight is 341 g/mol. The Balaban J connectivity index is 1.57. The van der Waals surface area contributed by atoms with Crippen molar-refractivity contribution in [2.24, 2.45) is 0 Å². The third-order valence-electron chi connectivity index (χ3n) is 4.54. The van der Waals surface area contributed by atoms with E-state index < -0.39 is 0 Å². The van der Waals surface area contributed by atoms with Crippen LogP contribution in [-0.4, -0.2) is 32.7 Å². The lowest BCUT2D eigenvalue weighted by Crippen LogP contribution is -2.34. The maximum Gasteiger partial charge on any atom is 0.324 e. The number of benzene rings is 1. The van der Waals surface area contributed by atoms with Gasteiger partial charge in [0.05, 0.1) is 22.0 Å². The Kier molecular flexibility index (Phi) is 3.72. The van der Waals surface area contributed by atoms with Crippen LogP contribution in [0.1, 0.15) is 35.8 Å². The lowest BCUT2D eigenvalue weighted by molar-refractivity contribution is 0.207. The fourth-order valence-electron chi connectivity index (χ4n) is 3.45. The highest BCUT2D eigenvalue weighted by molar-refractivity contribution is 7.22. The Labute approximate surface area is 143 Å². The predicted molar refractivity (Wildman–Crippen MR) is 95.4 cm³/mol. The normalized spacial score (nSPS) is 17.6. The number of thiazole rings is 1. The van der Waals surface area contributed by atoms with E-state index in [2.05, 4.69) is 20.5 Å². The molecule has 2 amide bonds. The van der Waals surface area contributed by atoms with E-state index in [4.69, 9.17) is 0 Å². The Hall–Kier alpha value is -2.41. The number of anilines is 1. The smallest absolute Gasteiger partial charge is 0.317 e. The molecule has 2 N–H and O–H groups in total. The topological polar surface area (TPSA) is 73.9 Å². The Morgan fingerprint density at radius 2 is 2.21 bits per heavy atom. The number of para-hydroxylation sites is 1. The van der Waals surface area contributed by atoms with Gasteiger partial charge in [0.2, 0.25) is 0 Å². The molecule has 4 rings (SSSR count). The van der Waals surface area contributed by atoms with Crippen molar-refractivity contribution in [2.75, 3.05) is 11.9 Å². The summed E-state index contributed by atoms with van der Waals surface area (Å²) in [6.07, 6.45) is 1.97. The molecule has 1 aromatic carbocycles. The van der Waals surface area contributed by atoms with E-state index in [0.717, 1.165) is 46.6 Å². The molecule has 1 saturated heterocycles. The number of urea groups is 1. The van der Waals surface area contributed by atoms with E-state index in [-0.39, 0.29) is 12.1 Å². The second-order valence-electron chi connectivity index (χ2n) is 6.12. The number of aromatic nitrogens is 3. The van der Waals surface area contributed by atoms with Crippen LogP contribution in [0.15, 0.2) is 24.3 Å². The highest BCUT2D eigenvalue weighted by Gasteiger charge is 2.33. The third-order valence-corrected chi connectivity index (χ3v) is 5.49. The minimum Gasteiger partial charge on any atom is -0.317 e. The van der Waals surface area contributed by atoms with Crippen LogP contribution in [0, 0.1) is 13.8 Å². The van der Waals surface area contributed by atoms with E-state index in [1.54, 1.807) is 0 Å². The first-order valence-electron chi connectivity index (χ1n) is 8.08. The standard InChI is InChI=1S/C17H19N5OS/c1-10-15(11(2)21-20-10)13-7-5-9-22(13)17(23)19-16-18-12-6-3-4-8-14(12)24-16/h3-4,6,8,13H,5,7,9H2,1-2H3,(H,20,21)(H,18,19,23). The van der Waals surface area contributed by atoms with Crippen molar-refractivity contribution in [1.82, 2.24) is 20.1 Å². The van der Waals surface area contributed by atoms with Gasteiger partial charge in [-0.25, -0.2) is 9.78 Å². The van der Waals surface area contributed by atoms with E-state index in [1.165, 1.54) is 11.3 Å². The Morgan fingerprint density at radius 1 is 1.38 bits per heavy atom. The van der Waals surface area contributed by atoms with Gasteiger partial charge >= 0.3 is 6.03 Å². The molecule has 2 aromatic heterocycles. The first-order chi connectivity index (χ1) is 11.6. The summed E-state index contributed by atoms with van der Waals surface area (Å²) in [5, 5.41) is 10.9. The number of aromatic amines is 1. The summed E-state index contributed by atoms with van der Waals surface area (Å²) in [5.74, 6) is 0. The fourth-order valence-corrected chi connectivity index (χ4v) is 4.30. The summed E-state index contributed by atoms with van der Waals surface area (Å²) in [6, 6.07) is 7.90. The summed E-state index contributed by atoms with van der Waals surface area (Å²) in [6.45, 7) is 4.75. The quantitative estimate of drug-likeness (QED) is 0.740. The lowest BCUT2D eigenvalue weighted by Gasteiger charge is -2.25. The third kappa shape index (κ3) is 2.54. The second-order valence-corrected chi connectivity index (χ2v) is 7.15. The molecule has 0 saturated carbocycles. The predicted octanol–water partition coefficient (Wildman–Crippen LogP) is 4.01. The van der Waals surface area contributed by atoms with Crippen molar-refractivity contribution in [3.05, 3.63) is 41.2 Å².